The zero-order valence-corrected chi connectivity index (χ0v) is 15.9. The molecule has 0 aliphatic carbocycles. The van der Waals surface area contributed by atoms with Crippen LogP contribution in [0.5, 0.6) is 11.5 Å². The van der Waals surface area contributed by atoms with Crippen LogP contribution in [0.3, 0.4) is 0 Å². The van der Waals surface area contributed by atoms with Crippen molar-refractivity contribution in [1.82, 2.24) is 0 Å². The first-order chi connectivity index (χ1) is 13.6. The third kappa shape index (κ3) is 7.25. The Kier molecular flexibility index (Phi) is 8.75. The standard InChI is InChI=1S/C22H24O6/c1-3-21(23)27-15-4-14-26-19-11-7-18(8-12-19)22(24)28-20-9-5-17(6-10-20)13-16-25-2/h3,5-12H,1,4,13-16H2,2H3. The third-order valence-corrected chi connectivity index (χ3v) is 3.79. The molecular weight excluding hydrogens is 360 g/mol. The number of ether oxygens (including phenoxy) is 4. The van der Waals surface area contributed by atoms with Crippen LogP contribution in [0.25, 0.3) is 0 Å². The minimum atomic E-state index is -0.451. The van der Waals surface area contributed by atoms with Gasteiger partial charge in [0.15, 0.2) is 0 Å². The van der Waals surface area contributed by atoms with Gasteiger partial charge in [-0.25, -0.2) is 9.59 Å². The summed E-state index contributed by atoms with van der Waals surface area (Å²) in [5.41, 5.74) is 1.54. The molecule has 0 heterocycles. The van der Waals surface area contributed by atoms with Gasteiger partial charge < -0.3 is 18.9 Å². The van der Waals surface area contributed by atoms with E-state index in [-0.39, 0.29) is 6.61 Å². The molecule has 0 atom stereocenters. The van der Waals surface area contributed by atoms with Crippen molar-refractivity contribution in [2.75, 3.05) is 26.9 Å². The van der Waals surface area contributed by atoms with E-state index < -0.39 is 11.9 Å². The highest BCUT2D eigenvalue weighted by molar-refractivity contribution is 5.91. The van der Waals surface area contributed by atoms with Gasteiger partial charge in [-0.3, -0.25) is 0 Å². The zero-order valence-electron chi connectivity index (χ0n) is 15.9. The maximum Gasteiger partial charge on any atom is 0.343 e. The van der Waals surface area contributed by atoms with Crippen molar-refractivity contribution < 1.29 is 28.5 Å². The van der Waals surface area contributed by atoms with Crippen LogP contribution < -0.4 is 9.47 Å². The van der Waals surface area contributed by atoms with Crippen molar-refractivity contribution in [3.05, 3.63) is 72.3 Å². The van der Waals surface area contributed by atoms with Crippen LogP contribution in [0.4, 0.5) is 0 Å². The number of esters is 2. The summed E-state index contributed by atoms with van der Waals surface area (Å²) in [4.78, 5) is 23.1. The molecular formula is C22H24O6. The van der Waals surface area contributed by atoms with Gasteiger partial charge in [0, 0.05) is 19.6 Å². The van der Waals surface area contributed by atoms with Crippen LogP contribution in [0.1, 0.15) is 22.3 Å². The Hall–Kier alpha value is -3.12. The normalized spacial score (nSPS) is 10.2. The lowest BCUT2D eigenvalue weighted by atomic mass is 10.1. The molecule has 0 bridgehead atoms. The van der Waals surface area contributed by atoms with Crippen molar-refractivity contribution in [1.29, 1.82) is 0 Å². The van der Waals surface area contributed by atoms with E-state index in [1.165, 1.54) is 0 Å². The molecule has 0 saturated heterocycles. The fourth-order valence-corrected chi connectivity index (χ4v) is 2.28. The fourth-order valence-electron chi connectivity index (χ4n) is 2.28. The van der Waals surface area contributed by atoms with Gasteiger partial charge in [-0.2, -0.15) is 0 Å². The van der Waals surface area contributed by atoms with Crippen LogP contribution in [-0.4, -0.2) is 38.9 Å². The van der Waals surface area contributed by atoms with Crippen molar-refractivity contribution in [2.24, 2.45) is 0 Å². The maximum atomic E-state index is 12.2. The zero-order chi connectivity index (χ0) is 20.2. The van der Waals surface area contributed by atoms with Crippen LogP contribution in [-0.2, 0) is 20.7 Å². The minimum Gasteiger partial charge on any atom is -0.493 e. The molecule has 0 unspecified atom stereocenters. The second-order valence-electron chi connectivity index (χ2n) is 5.87. The Morgan fingerprint density at radius 2 is 1.61 bits per heavy atom. The molecule has 6 heteroatoms. The van der Waals surface area contributed by atoms with E-state index in [4.69, 9.17) is 18.9 Å². The van der Waals surface area contributed by atoms with Gasteiger partial charge in [0.25, 0.3) is 0 Å². The molecule has 6 nitrogen and oxygen atoms in total. The molecule has 2 aromatic rings. The van der Waals surface area contributed by atoms with Crippen LogP contribution in [0, 0.1) is 0 Å². The van der Waals surface area contributed by atoms with E-state index in [0.717, 1.165) is 18.1 Å². The van der Waals surface area contributed by atoms with Crippen LogP contribution >= 0.6 is 0 Å². The summed E-state index contributed by atoms with van der Waals surface area (Å²) in [6, 6.07) is 14.0. The Labute approximate surface area is 164 Å². The summed E-state index contributed by atoms with van der Waals surface area (Å²) in [5.74, 6) is 0.217. The first-order valence-electron chi connectivity index (χ1n) is 8.94. The highest BCUT2D eigenvalue weighted by atomic mass is 16.5. The molecule has 0 aliphatic rings. The quantitative estimate of drug-likeness (QED) is 0.255. The Morgan fingerprint density at radius 3 is 2.25 bits per heavy atom. The molecule has 0 fully saturated rings. The molecule has 0 saturated carbocycles. The maximum absolute atomic E-state index is 12.2. The summed E-state index contributed by atoms with van der Waals surface area (Å²) < 4.78 is 20.8. The van der Waals surface area contributed by atoms with E-state index in [0.29, 0.717) is 36.7 Å². The Bertz CT molecular complexity index is 765. The molecule has 28 heavy (non-hydrogen) atoms. The number of carbonyl (C=O) groups is 2. The summed E-state index contributed by atoms with van der Waals surface area (Å²) in [7, 11) is 1.66. The fraction of sp³-hybridized carbons (Fsp3) is 0.273. The number of carbonyl (C=O) groups excluding carboxylic acids is 2. The first-order valence-corrected chi connectivity index (χ1v) is 8.94. The number of rotatable bonds is 11. The number of hydrogen-bond acceptors (Lipinski definition) is 6. The highest BCUT2D eigenvalue weighted by Crippen LogP contribution is 2.17. The van der Waals surface area contributed by atoms with E-state index >= 15 is 0 Å². The molecule has 2 rings (SSSR count). The van der Waals surface area contributed by atoms with Gasteiger partial charge >= 0.3 is 11.9 Å². The summed E-state index contributed by atoms with van der Waals surface area (Å²) in [6.07, 6.45) is 2.49. The summed E-state index contributed by atoms with van der Waals surface area (Å²) in [6.45, 7) is 4.62. The molecule has 0 aromatic heterocycles. The van der Waals surface area contributed by atoms with Gasteiger partial charge in [-0.15, -0.1) is 0 Å². The van der Waals surface area contributed by atoms with Crippen LogP contribution in [0.15, 0.2) is 61.2 Å². The monoisotopic (exact) mass is 384 g/mol. The molecule has 0 aliphatic heterocycles. The molecule has 0 amide bonds. The molecule has 0 radical (unpaired) electrons. The lowest BCUT2D eigenvalue weighted by Gasteiger charge is -2.08. The van der Waals surface area contributed by atoms with E-state index in [1.54, 1.807) is 43.5 Å². The predicted molar refractivity (Wildman–Crippen MR) is 105 cm³/mol. The van der Waals surface area contributed by atoms with E-state index in [1.807, 2.05) is 12.1 Å². The molecule has 2 aromatic carbocycles. The first kappa shape index (κ1) is 21.2. The minimum absolute atomic E-state index is 0.263. The number of hydrogen-bond donors (Lipinski definition) is 0. The van der Waals surface area contributed by atoms with E-state index in [9.17, 15) is 9.59 Å². The second-order valence-corrected chi connectivity index (χ2v) is 5.87. The molecule has 0 spiro atoms. The summed E-state index contributed by atoms with van der Waals surface area (Å²) >= 11 is 0. The molecule has 0 N–H and O–H groups in total. The summed E-state index contributed by atoms with van der Waals surface area (Å²) in [5, 5.41) is 0. The lowest BCUT2D eigenvalue weighted by Crippen LogP contribution is -2.09. The van der Waals surface area contributed by atoms with Gasteiger partial charge in [-0.05, 0) is 48.4 Å². The van der Waals surface area contributed by atoms with Gasteiger partial charge in [0.1, 0.15) is 11.5 Å². The van der Waals surface area contributed by atoms with Crippen molar-refractivity contribution >= 4 is 11.9 Å². The largest absolute Gasteiger partial charge is 0.493 e. The van der Waals surface area contributed by atoms with Crippen LogP contribution in [0.2, 0.25) is 0 Å². The lowest BCUT2D eigenvalue weighted by molar-refractivity contribution is -0.137. The molecule has 148 valence electrons. The van der Waals surface area contributed by atoms with Crippen molar-refractivity contribution in [2.45, 2.75) is 12.8 Å². The Balaban J connectivity index is 1.78. The average Bonchev–Trinajstić information content (AvgIpc) is 2.73. The second kappa shape index (κ2) is 11.6. The van der Waals surface area contributed by atoms with Crippen molar-refractivity contribution in [3.8, 4) is 11.5 Å². The van der Waals surface area contributed by atoms with Gasteiger partial charge in [0.05, 0.1) is 25.4 Å². The van der Waals surface area contributed by atoms with Gasteiger partial charge in [-0.1, -0.05) is 18.7 Å². The highest BCUT2D eigenvalue weighted by Gasteiger charge is 2.09. The smallest absolute Gasteiger partial charge is 0.343 e. The number of benzene rings is 2. The van der Waals surface area contributed by atoms with E-state index in [2.05, 4.69) is 6.58 Å². The number of methoxy groups -OCH3 is 1. The topological polar surface area (TPSA) is 71.1 Å². The van der Waals surface area contributed by atoms with Crippen molar-refractivity contribution in [3.63, 3.8) is 0 Å². The predicted octanol–water partition coefficient (Wildman–Crippen LogP) is 3.59. The average molecular weight is 384 g/mol. The Morgan fingerprint density at radius 1 is 0.929 bits per heavy atom. The SMILES string of the molecule is C=CC(=O)OCCCOc1ccc(C(=O)Oc2ccc(CCOC)cc2)cc1. The van der Waals surface area contributed by atoms with Gasteiger partial charge in [0.2, 0.25) is 0 Å². The third-order valence-electron chi connectivity index (χ3n) is 3.79.